The molecule has 3 aromatic rings. The van der Waals surface area contributed by atoms with Crippen LogP contribution in [0.5, 0.6) is 0 Å². The summed E-state index contributed by atoms with van der Waals surface area (Å²) in [6.45, 7) is 2.14. The van der Waals surface area contributed by atoms with Crippen molar-refractivity contribution in [2.24, 2.45) is 0 Å². The first-order valence-electron chi connectivity index (χ1n) is 6.87. The van der Waals surface area contributed by atoms with E-state index in [0.717, 1.165) is 16.5 Å². The molecule has 0 radical (unpaired) electrons. The first kappa shape index (κ1) is 14.1. The fourth-order valence-corrected chi connectivity index (χ4v) is 2.22. The van der Waals surface area contributed by atoms with Crippen molar-refractivity contribution in [1.29, 1.82) is 0 Å². The molecule has 0 aliphatic heterocycles. The molecule has 0 bridgehead atoms. The number of rotatable bonds is 3. The van der Waals surface area contributed by atoms with Crippen LogP contribution in [-0.2, 0) is 6.54 Å². The maximum Gasteiger partial charge on any atom is 0.253 e. The van der Waals surface area contributed by atoms with Gasteiger partial charge in [-0.1, -0.05) is 12.1 Å². The Morgan fingerprint density at radius 1 is 1.23 bits per heavy atom. The highest BCUT2D eigenvalue weighted by Crippen LogP contribution is 2.15. The van der Waals surface area contributed by atoms with E-state index in [-0.39, 0.29) is 11.7 Å². The zero-order chi connectivity index (χ0) is 15.5. The van der Waals surface area contributed by atoms with Gasteiger partial charge < -0.3 is 5.32 Å². The zero-order valence-electron chi connectivity index (χ0n) is 12.0. The van der Waals surface area contributed by atoms with Crippen molar-refractivity contribution < 1.29 is 9.18 Å². The second-order valence-corrected chi connectivity index (χ2v) is 5.00. The van der Waals surface area contributed by atoms with Crippen LogP contribution < -0.4 is 5.32 Å². The molecule has 0 saturated carbocycles. The van der Waals surface area contributed by atoms with Gasteiger partial charge in [-0.15, -0.1) is 0 Å². The van der Waals surface area contributed by atoms with Gasteiger partial charge >= 0.3 is 0 Å². The molecule has 0 unspecified atom stereocenters. The lowest BCUT2D eigenvalue weighted by Gasteiger charge is -2.08. The fraction of sp³-hybridized carbons (Fsp3) is 0.118. The van der Waals surface area contributed by atoms with Crippen molar-refractivity contribution in [3.63, 3.8) is 0 Å². The maximum absolute atomic E-state index is 12.9. The molecule has 4 nitrogen and oxygen atoms in total. The molecule has 5 heteroatoms. The Morgan fingerprint density at radius 3 is 2.77 bits per heavy atom. The number of carbonyl (C=O) groups is 1. The predicted octanol–water partition coefficient (Wildman–Crippen LogP) is 3.01. The van der Waals surface area contributed by atoms with E-state index in [0.29, 0.717) is 17.8 Å². The highest BCUT2D eigenvalue weighted by molar-refractivity contribution is 5.98. The molecule has 0 atom stereocenters. The molecule has 22 heavy (non-hydrogen) atoms. The average molecular weight is 295 g/mol. The van der Waals surface area contributed by atoms with Crippen LogP contribution in [0.2, 0.25) is 0 Å². The molecule has 0 aliphatic carbocycles. The molecule has 3 rings (SSSR count). The highest BCUT2D eigenvalue weighted by atomic mass is 19.1. The molecule has 110 valence electrons. The lowest BCUT2D eigenvalue weighted by atomic mass is 10.1. The molecular weight excluding hydrogens is 281 g/mol. The largest absolute Gasteiger partial charge is 0.348 e. The second-order valence-electron chi connectivity index (χ2n) is 5.00. The number of fused-ring (bicyclic) bond motifs is 1. The lowest BCUT2D eigenvalue weighted by molar-refractivity contribution is 0.0950. The van der Waals surface area contributed by atoms with Gasteiger partial charge in [-0.2, -0.15) is 0 Å². The van der Waals surface area contributed by atoms with Crippen molar-refractivity contribution in [2.45, 2.75) is 13.5 Å². The minimum absolute atomic E-state index is 0.208. The lowest BCUT2D eigenvalue weighted by Crippen LogP contribution is -2.24. The predicted molar refractivity (Wildman–Crippen MR) is 81.8 cm³/mol. The number of hydrogen-bond donors (Lipinski definition) is 1. The molecule has 1 amide bonds. The number of aromatic nitrogens is 2. The van der Waals surface area contributed by atoms with E-state index in [2.05, 4.69) is 15.3 Å². The van der Waals surface area contributed by atoms with E-state index in [4.69, 9.17) is 0 Å². The normalized spacial score (nSPS) is 10.6. The Hall–Kier alpha value is -2.82. The zero-order valence-corrected chi connectivity index (χ0v) is 12.0. The van der Waals surface area contributed by atoms with Gasteiger partial charge in [-0.3, -0.25) is 14.8 Å². The SMILES string of the molecule is Cc1nc2ccncc2cc1C(=O)NCc1ccc(F)cc1. The molecule has 1 N–H and O–H groups in total. The Labute approximate surface area is 127 Å². The quantitative estimate of drug-likeness (QED) is 0.808. The number of carbonyl (C=O) groups excluding carboxylic acids is 1. The van der Waals surface area contributed by atoms with Crippen LogP contribution in [0, 0.1) is 12.7 Å². The summed E-state index contributed by atoms with van der Waals surface area (Å²) < 4.78 is 12.9. The van der Waals surface area contributed by atoms with Gasteiger partial charge in [0.1, 0.15) is 5.82 Å². The third-order valence-electron chi connectivity index (χ3n) is 3.42. The number of nitrogens with zero attached hydrogens (tertiary/aromatic N) is 2. The van der Waals surface area contributed by atoms with Gasteiger partial charge in [-0.05, 0) is 36.8 Å². The molecule has 2 heterocycles. The van der Waals surface area contributed by atoms with Gasteiger partial charge in [0.05, 0.1) is 16.8 Å². The summed E-state index contributed by atoms with van der Waals surface area (Å²) in [4.78, 5) is 20.8. The van der Waals surface area contributed by atoms with Crippen LogP contribution in [0.4, 0.5) is 4.39 Å². The minimum atomic E-state index is -0.294. The van der Waals surface area contributed by atoms with Crippen LogP contribution in [0.3, 0.4) is 0 Å². The van der Waals surface area contributed by atoms with E-state index >= 15 is 0 Å². The van der Waals surface area contributed by atoms with Crippen molar-refractivity contribution in [2.75, 3.05) is 0 Å². The van der Waals surface area contributed by atoms with Gasteiger partial charge in [-0.25, -0.2) is 4.39 Å². The van der Waals surface area contributed by atoms with E-state index in [1.807, 2.05) is 6.07 Å². The Balaban J connectivity index is 1.79. The third kappa shape index (κ3) is 2.93. The fourth-order valence-electron chi connectivity index (χ4n) is 2.22. The van der Waals surface area contributed by atoms with Gasteiger partial charge in [0.15, 0.2) is 0 Å². The van der Waals surface area contributed by atoms with Crippen LogP contribution in [0.1, 0.15) is 21.6 Å². The van der Waals surface area contributed by atoms with Crippen molar-refractivity contribution in [1.82, 2.24) is 15.3 Å². The van der Waals surface area contributed by atoms with E-state index < -0.39 is 0 Å². The summed E-state index contributed by atoms with van der Waals surface area (Å²) in [5, 5.41) is 3.64. The van der Waals surface area contributed by atoms with E-state index in [9.17, 15) is 9.18 Å². The third-order valence-corrected chi connectivity index (χ3v) is 3.42. The molecule has 0 spiro atoms. The summed E-state index contributed by atoms with van der Waals surface area (Å²) in [5.74, 6) is -0.503. The van der Waals surface area contributed by atoms with E-state index in [1.54, 1.807) is 37.5 Å². The van der Waals surface area contributed by atoms with Crippen LogP contribution in [0.25, 0.3) is 10.9 Å². The van der Waals surface area contributed by atoms with Crippen molar-refractivity contribution in [3.05, 3.63) is 71.4 Å². The Kier molecular flexibility index (Phi) is 3.78. The molecular formula is C17H14FN3O. The number of benzene rings is 1. The van der Waals surface area contributed by atoms with Gasteiger partial charge in [0.2, 0.25) is 0 Å². The summed E-state index contributed by atoms with van der Waals surface area (Å²) >= 11 is 0. The highest BCUT2D eigenvalue weighted by Gasteiger charge is 2.11. The first-order chi connectivity index (χ1) is 10.6. The molecule has 0 fully saturated rings. The summed E-state index contributed by atoms with van der Waals surface area (Å²) in [6.07, 6.45) is 3.35. The van der Waals surface area contributed by atoms with E-state index in [1.165, 1.54) is 12.1 Å². The van der Waals surface area contributed by atoms with Crippen LogP contribution >= 0.6 is 0 Å². The molecule has 2 aromatic heterocycles. The number of nitrogens with one attached hydrogen (secondary N) is 1. The second kappa shape index (κ2) is 5.89. The number of hydrogen-bond acceptors (Lipinski definition) is 3. The molecule has 1 aromatic carbocycles. The summed E-state index contributed by atoms with van der Waals surface area (Å²) in [7, 11) is 0. The monoisotopic (exact) mass is 295 g/mol. The first-order valence-corrected chi connectivity index (χ1v) is 6.87. The molecule has 0 saturated heterocycles. The Morgan fingerprint density at radius 2 is 2.00 bits per heavy atom. The average Bonchev–Trinajstić information content (AvgIpc) is 2.53. The van der Waals surface area contributed by atoms with Gasteiger partial charge in [0.25, 0.3) is 5.91 Å². The van der Waals surface area contributed by atoms with Crippen molar-refractivity contribution in [3.8, 4) is 0 Å². The summed E-state index contributed by atoms with van der Waals surface area (Å²) in [6, 6.07) is 9.62. The molecule has 0 aliphatic rings. The van der Waals surface area contributed by atoms with Crippen LogP contribution in [-0.4, -0.2) is 15.9 Å². The topological polar surface area (TPSA) is 54.9 Å². The van der Waals surface area contributed by atoms with Gasteiger partial charge in [0, 0.05) is 24.3 Å². The number of amides is 1. The number of aryl methyl sites for hydroxylation is 1. The number of halogens is 1. The minimum Gasteiger partial charge on any atom is -0.348 e. The van der Waals surface area contributed by atoms with Crippen molar-refractivity contribution >= 4 is 16.8 Å². The number of pyridine rings is 2. The Bertz CT molecular complexity index is 831. The van der Waals surface area contributed by atoms with Crippen LogP contribution in [0.15, 0.2) is 48.8 Å². The smallest absolute Gasteiger partial charge is 0.253 e. The summed E-state index contributed by atoms with van der Waals surface area (Å²) in [5.41, 5.74) is 2.82. The maximum atomic E-state index is 12.9. The standard InChI is InChI=1S/C17H14FN3O/c1-11-15(8-13-10-19-7-6-16(13)21-11)17(22)20-9-12-2-4-14(18)5-3-12/h2-8,10H,9H2,1H3,(H,20,22).